The van der Waals surface area contributed by atoms with E-state index in [1.54, 1.807) is 19.1 Å². The average Bonchev–Trinajstić information content (AvgIpc) is 2.77. The highest BCUT2D eigenvalue weighted by Gasteiger charge is 2.36. The smallest absolute Gasteiger partial charge is 0.331 e. The van der Waals surface area contributed by atoms with Crippen molar-refractivity contribution in [1.82, 2.24) is 16.8 Å². The molecule has 0 fully saturated rings. The van der Waals surface area contributed by atoms with Crippen LogP contribution in [0.4, 0.5) is 0 Å². The van der Waals surface area contributed by atoms with Crippen LogP contribution in [0.3, 0.4) is 0 Å². The van der Waals surface area contributed by atoms with Crippen LogP contribution in [-0.2, 0) is 23.9 Å². The number of carboxylic acids is 1. The second-order valence-electron chi connectivity index (χ2n) is 10.7. The largest absolute Gasteiger partial charge is 0.478 e. The number of ether oxygens (including phenoxy) is 2. The molecule has 10 nitrogen and oxygen atoms in total. The van der Waals surface area contributed by atoms with E-state index < -0.39 is 12.1 Å². The summed E-state index contributed by atoms with van der Waals surface area (Å²) in [6.45, 7) is 20.5. The summed E-state index contributed by atoms with van der Waals surface area (Å²) in [6.07, 6.45) is 9.99. The molecule has 0 aromatic rings. The zero-order valence-corrected chi connectivity index (χ0v) is 25.4. The molecule has 2 aliphatic carbocycles. The Hall–Kier alpha value is -2.79. The Morgan fingerprint density at radius 2 is 1.30 bits per heavy atom. The van der Waals surface area contributed by atoms with Crippen LogP contribution in [0.5, 0.6) is 0 Å². The van der Waals surface area contributed by atoms with Crippen molar-refractivity contribution in [3.63, 3.8) is 0 Å². The van der Waals surface area contributed by atoms with Crippen molar-refractivity contribution in [3.05, 3.63) is 48.6 Å². The average molecular weight is 568 g/mol. The zero-order valence-electron chi connectivity index (χ0n) is 25.4. The molecule has 0 aromatic heterocycles. The molecule has 0 saturated heterocycles. The maximum atomic E-state index is 11.4. The van der Waals surface area contributed by atoms with Crippen molar-refractivity contribution in [2.24, 2.45) is 11.8 Å². The molecular weight excluding hydrogens is 514 g/mol. The van der Waals surface area contributed by atoms with Gasteiger partial charge in [0.1, 0.15) is 0 Å². The van der Waals surface area contributed by atoms with Gasteiger partial charge < -0.3 is 36.8 Å². The first-order valence-electron chi connectivity index (χ1n) is 13.5. The number of nitrogens with one attached hydrogen (secondary N) is 2. The normalized spacial score (nSPS) is 25.5. The lowest BCUT2D eigenvalue weighted by atomic mass is 9.80. The minimum absolute atomic E-state index is 0. The first kappa shape index (κ1) is 39.4. The molecule has 2 amide bonds. The van der Waals surface area contributed by atoms with Crippen LogP contribution >= 0.6 is 0 Å². The highest BCUT2D eigenvalue weighted by atomic mass is 16.5. The molecule has 10 heteroatoms. The van der Waals surface area contributed by atoms with E-state index >= 15 is 0 Å². The fourth-order valence-corrected chi connectivity index (χ4v) is 5.10. The van der Waals surface area contributed by atoms with Crippen LogP contribution in [0.25, 0.3) is 0 Å². The quantitative estimate of drug-likeness (QED) is 0.272. The van der Waals surface area contributed by atoms with Crippen molar-refractivity contribution in [3.8, 4) is 0 Å². The third-order valence-corrected chi connectivity index (χ3v) is 6.42. The van der Waals surface area contributed by atoms with Crippen molar-refractivity contribution >= 4 is 17.8 Å². The van der Waals surface area contributed by atoms with Crippen LogP contribution in [-0.4, -0.2) is 64.9 Å². The molecule has 0 bridgehead atoms. The third kappa shape index (κ3) is 13.5. The van der Waals surface area contributed by atoms with Gasteiger partial charge in [-0.15, -0.1) is 13.2 Å². The van der Waals surface area contributed by atoms with Gasteiger partial charge in [-0.3, -0.25) is 9.59 Å². The van der Waals surface area contributed by atoms with Crippen LogP contribution in [0.15, 0.2) is 48.6 Å². The summed E-state index contributed by atoms with van der Waals surface area (Å²) in [5, 5.41) is 15.1. The van der Waals surface area contributed by atoms with Gasteiger partial charge in [-0.2, -0.15) is 0 Å². The second kappa shape index (κ2) is 19.3. The molecule has 8 N–H and O–H groups in total. The standard InChI is InChI=1S/C15H23NO4.C15H25NO2.H3N.H2O/c1-5-6-11-7-12(15(18)19)8-13(20-9(2)3)14(11)16-10(4)17;1-6-7-13-8-11(4)9-14(18-10(2)3)15(13)16-12(5)17;;/h5,8-9,11,13-14H,1,6-7H2,2-4H3,(H,16,17)(H,18,19);6,9-10,13-15H,1,7-8H2,2-5H3,(H,16,17);1H3;1H2/t11-,13+,14+;13-,14+,15+;;/m00../s1. The predicted molar refractivity (Wildman–Crippen MR) is 159 cm³/mol. The zero-order chi connectivity index (χ0) is 29.0. The fourth-order valence-electron chi connectivity index (χ4n) is 5.10. The van der Waals surface area contributed by atoms with Gasteiger partial charge in [0.25, 0.3) is 0 Å². The van der Waals surface area contributed by atoms with Crippen molar-refractivity contribution in [2.75, 3.05) is 0 Å². The minimum Gasteiger partial charge on any atom is -0.478 e. The van der Waals surface area contributed by atoms with E-state index in [9.17, 15) is 19.5 Å². The van der Waals surface area contributed by atoms with E-state index in [-0.39, 0.29) is 59.8 Å². The van der Waals surface area contributed by atoms with E-state index in [0.717, 1.165) is 12.8 Å². The van der Waals surface area contributed by atoms with Gasteiger partial charge in [0.15, 0.2) is 0 Å². The second-order valence-corrected chi connectivity index (χ2v) is 10.7. The van der Waals surface area contributed by atoms with E-state index in [1.807, 2.05) is 33.8 Å². The lowest BCUT2D eigenvalue weighted by molar-refractivity contribution is -0.133. The summed E-state index contributed by atoms with van der Waals surface area (Å²) in [6, 6.07) is -0.178. The molecule has 6 atom stereocenters. The molecule has 0 radical (unpaired) electrons. The number of aliphatic carboxylic acids is 1. The Kier molecular flexibility index (Phi) is 19.0. The Balaban J connectivity index is 0. The van der Waals surface area contributed by atoms with Gasteiger partial charge in [-0.1, -0.05) is 23.8 Å². The number of carbonyl (C=O) groups excluding carboxylic acids is 2. The Morgan fingerprint density at radius 3 is 1.65 bits per heavy atom. The number of carboxylic acid groups (broad SMARTS) is 1. The highest BCUT2D eigenvalue weighted by Crippen LogP contribution is 2.31. The van der Waals surface area contributed by atoms with Gasteiger partial charge in [-0.25, -0.2) is 4.79 Å². The summed E-state index contributed by atoms with van der Waals surface area (Å²) in [7, 11) is 0. The number of allylic oxidation sites excluding steroid dienone is 3. The van der Waals surface area contributed by atoms with Crippen LogP contribution in [0.2, 0.25) is 0 Å². The monoisotopic (exact) mass is 567 g/mol. The Bertz CT molecular complexity index is 898. The van der Waals surface area contributed by atoms with Crippen molar-refractivity contribution in [1.29, 1.82) is 0 Å². The summed E-state index contributed by atoms with van der Waals surface area (Å²) >= 11 is 0. The predicted octanol–water partition coefficient (Wildman–Crippen LogP) is 4.06. The first-order chi connectivity index (χ1) is 17.8. The lowest BCUT2D eigenvalue weighted by Crippen LogP contribution is -2.50. The van der Waals surface area contributed by atoms with Crippen LogP contribution in [0, 0.1) is 11.8 Å². The molecule has 0 saturated carbocycles. The molecule has 0 heterocycles. The lowest BCUT2D eigenvalue weighted by Gasteiger charge is -2.37. The number of carbonyl (C=O) groups is 3. The molecule has 0 spiro atoms. The van der Waals surface area contributed by atoms with Crippen molar-refractivity contribution in [2.45, 2.75) is 111 Å². The number of hydrogen-bond acceptors (Lipinski definition) is 6. The Labute approximate surface area is 240 Å². The summed E-state index contributed by atoms with van der Waals surface area (Å²) in [5.74, 6) is -0.720. The van der Waals surface area contributed by atoms with E-state index in [1.165, 1.54) is 12.5 Å². The molecule has 230 valence electrons. The molecule has 0 aromatic carbocycles. The number of amides is 2. The number of rotatable bonds is 11. The minimum atomic E-state index is -0.933. The first-order valence-corrected chi connectivity index (χ1v) is 13.5. The Morgan fingerprint density at radius 1 is 0.900 bits per heavy atom. The molecule has 0 aliphatic heterocycles. The van der Waals surface area contributed by atoms with Gasteiger partial charge in [0.2, 0.25) is 11.8 Å². The van der Waals surface area contributed by atoms with Crippen molar-refractivity contribution < 1.29 is 34.4 Å². The fraction of sp³-hybridized carbons (Fsp3) is 0.633. The molecular formula is C30H53N3O7. The topological polar surface area (TPSA) is 180 Å². The van der Waals surface area contributed by atoms with Gasteiger partial charge in [0.05, 0.1) is 36.5 Å². The summed E-state index contributed by atoms with van der Waals surface area (Å²) in [5.41, 5.74) is 1.67. The molecule has 40 heavy (non-hydrogen) atoms. The molecule has 0 unspecified atom stereocenters. The van der Waals surface area contributed by atoms with E-state index in [0.29, 0.717) is 24.3 Å². The molecule has 2 aliphatic rings. The third-order valence-electron chi connectivity index (χ3n) is 6.42. The highest BCUT2D eigenvalue weighted by molar-refractivity contribution is 5.87. The maximum Gasteiger partial charge on any atom is 0.331 e. The van der Waals surface area contributed by atoms with Crippen LogP contribution < -0.4 is 16.8 Å². The molecule has 2 rings (SSSR count). The van der Waals surface area contributed by atoms with Gasteiger partial charge in [-0.05, 0) is 78.2 Å². The van der Waals surface area contributed by atoms with E-state index in [2.05, 4.69) is 36.8 Å². The van der Waals surface area contributed by atoms with Gasteiger partial charge >= 0.3 is 5.97 Å². The van der Waals surface area contributed by atoms with E-state index in [4.69, 9.17) is 9.47 Å². The summed E-state index contributed by atoms with van der Waals surface area (Å²) in [4.78, 5) is 34.0. The van der Waals surface area contributed by atoms with Gasteiger partial charge in [0, 0.05) is 19.4 Å². The summed E-state index contributed by atoms with van der Waals surface area (Å²) < 4.78 is 11.7. The maximum absolute atomic E-state index is 11.4. The van der Waals surface area contributed by atoms with Crippen LogP contribution in [0.1, 0.15) is 74.1 Å². The number of hydrogen-bond donors (Lipinski definition) is 4. The SMILES string of the molecule is C=CC[C@H]1CC(C(=O)O)=C[C@@H](OC(C)C)[C@@H]1NC(C)=O.C=CC[C@H]1CC(C)=C[C@@H](OC(C)C)[C@@H]1NC(C)=O.N.O.